The van der Waals surface area contributed by atoms with Gasteiger partial charge in [-0.15, -0.1) is 0 Å². The van der Waals surface area contributed by atoms with Gasteiger partial charge in [0.15, 0.2) is 0 Å². The summed E-state index contributed by atoms with van der Waals surface area (Å²) in [6.07, 6.45) is 2.88. The molecule has 1 aromatic heterocycles. The fourth-order valence-electron chi connectivity index (χ4n) is 3.33. The molecule has 6 heteroatoms. The summed E-state index contributed by atoms with van der Waals surface area (Å²) in [6.45, 7) is 7.09. The highest BCUT2D eigenvalue weighted by Crippen LogP contribution is 2.43. The number of fused-ring (bicyclic) bond motifs is 2. The Hall–Kier alpha value is -1.82. The minimum Gasteiger partial charge on any atom is -0.444 e. The molecule has 23 heavy (non-hydrogen) atoms. The van der Waals surface area contributed by atoms with Crippen LogP contribution in [0.25, 0.3) is 0 Å². The molecule has 2 aliphatic rings. The molecule has 3 heterocycles. The molecule has 126 valence electrons. The number of aryl methyl sites for hydroxylation is 1. The summed E-state index contributed by atoms with van der Waals surface area (Å²) in [4.78, 5) is 26.1. The van der Waals surface area contributed by atoms with Gasteiger partial charge in [0.25, 0.3) is 5.56 Å². The van der Waals surface area contributed by atoms with E-state index in [1.54, 1.807) is 22.7 Å². The normalized spacial score (nSPS) is 19.7. The molecule has 1 spiro atoms. The van der Waals surface area contributed by atoms with Gasteiger partial charge < -0.3 is 18.9 Å². The topological polar surface area (TPSA) is 60.8 Å². The largest absolute Gasteiger partial charge is 0.444 e. The Kier molecular flexibility index (Phi) is 3.75. The molecular weight excluding hydrogens is 296 g/mol. The number of carbonyl (C=O) groups is 1. The number of hydrogen-bond acceptors (Lipinski definition) is 4. The van der Waals surface area contributed by atoms with Crippen molar-refractivity contribution in [2.75, 3.05) is 13.1 Å². The molecule has 1 saturated heterocycles. The van der Waals surface area contributed by atoms with Crippen molar-refractivity contribution in [1.29, 1.82) is 0 Å². The van der Waals surface area contributed by atoms with Crippen molar-refractivity contribution in [3.63, 3.8) is 0 Å². The molecule has 0 aromatic carbocycles. The van der Waals surface area contributed by atoms with Gasteiger partial charge in [0.2, 0.25) is 0 Å². The van der Waals surface area contributed by atoms with E-state index in [1.165, 1.54) is 0 Å². The molecular formula is C17H24N2O4. The number of carbonyl (C=O) groups excluding carboxylic acids is 1. The van der Waals surface area contributed by atoms with Gasteiger partial charge in [0.05, 0.1) is 12.2 Å². The van der Waals surface area contributed by atoms with Gasteiger partial charge in [-0.2, -0.15) is 0 Å². The lowest BCUT2D eigenvalue weighted by Crippen LogP contribution is -2.46. The summed E-state index contributed by atoms with van der Waals surface area (Å²) in [7, 11) is 1.75. The number of likely N-dealkylation sites (tertiary alicyclic amines) is 1. The number of nitrogens with zero attached hydrogens (tertiary/aromatic N) is 2. The van der Waals surface area contributed by atoms with Crippen LogP contribution in [0, 0.1) is 0 Å². The number of hydrogen-bond donors (Lipinski definition) is 0. The fourth-order valence-corrected chi connectivity index (χ4v) is 3.33. The van der Waals surface area contributed by atoms with Gasteiger partial charge in [0.1, 0.15) is 5.60 Å². The number of amides is 1. The van der Waals surface area contributed by atoms with Crippen molar-refractivity contribution < 1.29 is 14.3 Å². The summed E-state index contributed by atoms with van der Waals surface area (Å²) >= 11 is 0. The van der Waals surface area contributed by atoms with Gasteiger partial charge in [-0.3, -0.25) is 4.79 Å². The van der Waals surface area contributed by atoms with E-state index in [4.69, 9.17) is 9.47 Å². The van der Waals surface area contributed by atoms with Crippen LogP contribution in [0.15, 0.2) is 17.1 Å². The van der Waals surface area contributed by atoms with E-state index in [2.05, 4.69) is 0 Å². The van der Waals surface area contributed by atoms with E-state index < -0.39 is 11.2 Å². The van der Waals surface area contributed by atoms with Crippen LogP contribution in [0.2, 0.25) is 0 Å². The molecule has 1 amide bonds. The van der Waals surface area contributed by atoms with Crippen LogP contribution in [-0.2, 0) is 28.7 Å². The first-order valence-corrected chi connectivity index (χ1v) is 8.03. The van der Waals surface area contributed by atoms with Crippen molar-refractivity contribution in [3.05, 3.63) is 33.7 Å². The Bertz CT molecular complexity index is 679. The molecule has 0 N–H and O–H groups in total. The SMILES string of the molecule is Cn1ccc2c(c1=O)COC21CCN(C(=O)OC(C)(C)C)CC1. The highest BCUT2D eigenvalue weighted by atomic mass is 16.6. The van der Waals surface area contributed by atoms with Crippen LogP contribution in [0.3, 0.4) is 0 Å². The maximum Gasteiger partial charge on any atom is 0.410 e. The molecule has 0 unspecified atom stereocenters. The van der Waals surface area contributed by atoms with Crippen molar-refractivity contribution in [2.24, 2.45) is 7.05 Å². The van der Waals surface area contributed by atoms with Crippen LogP contribution < -0.4 is 5.56 Å². The standard InChI is InChI=1S/C17H24N2O4/c1-16(2,3)23-15(21)19-9-6-17(7-10-19)13-5-8-18(4)14(20)12(13)11-22-17/h5,8H,6-7,9-11H2,1-4H3. The van der Waals surface area contributed by atoms with Gasteiger partial charge in [-0.25, -0.2) is 4.79 Å². The number of ether oxygens (including phenoxy) is 2. The lowest BCUT2D eigenvalue weighted by Gasteiger charge is -2.39. The third-order valence-electron chi connectivity index (χ3n) is 4.57. The predicted molar refractivity (Wildman–Crippen MR) is 85.2 cm³/mol. The van der Waals surface area contributed by atoms with E-state index >= 15 is 0 Å². The van der Waals surface area contributed by atoms with Crippen LogP contribution in [0.4, 0.5) is 4.79 Å². The first-order valence-electron chi connectivity index (χ1n) is 8.03. The van der Waals surface area contributed by atoms with E-state index in [0.29, 0.717) is 32.5 Å². The summed E-state index contributed by atoms with van der Waals surface area (Å²) in [6, 6.07) is 1.98. The average molecular weight is 320 g/mol. The van der Waals surface area contributed by atoms with E-state index in [-0.39, 0.29) is 11.7 Å². The quantitative estimate of drug-likeness (QED) is 0.735. The Morgan fingerprint density at radius 1 is 1.30 bits per heavy atom. The average Bonchev–Trinajstić information content (AvgIpc) is 2.81. The van der Waals surface area contributed by atoms with Crippen LogP contribution in [0.1, 0.15) is 44.7 Å². The van der Waals surface area contributed by atoms with Gasteiger partial charge in [0, 0.05) is 31.9 Å². The van der Waals surface area contributed by atoms with Crippen molar-refractivity contribution >= 4 is 6.09 Å². The number of rotatable bonds is 0. The summed E-state index contributed by atoms with van der Waals surface area (Å²) in [5, 5.41) is 0. The van der Waals surface area contributed by atoms with E-state index in [1.807, 2.05) is 26.8 Å². The lowest BCUT2D eigenvalue weighted by atomic mass is 9.84. The monoisotopic (exact) mass is 320 g/mol. The van der Waals surface area contributed by atoms with Gasteiger partial charge in [-0.05, 0) is 45.2 Å². The number of aromatic nitrogens is 1. The molecule has 1 fully saturated rings. The van der Waals surface area contributed by atoms with Gasteiger partial charge in [-0.1, -0.05) is 0 Å². The van der Waals surface area contributed by atoms with E-state index in [0.717, 1.165) is 11.1 Å². The zero-order valence-corrected chi connectivity index (χ0v) is 14.2. The first kappa shape index (κ1) is 16.1. The highest BCUT2D eigenvalue weighted by Gasteiger charge is 2.44. The first-order chi connectivity index (χ1) is 10.7. The molecule has 0 bridgehead atoms. The third kappa shape index (κ3) is 2.87. The van der Waals surface area contributed by atoms with E-state index in [9.17, 15) is 9.59 Å². The second-order valence-electron chi connectivity index (χ2n) is 7.37. The molecule has 0 aliphatic carbocycles. The van der Waals surface area contributed by atoms with Crippen molar-refractivity contribution in [3.8, 4) is 0 Å². The molecule has 0 radical (unpaired) electrons. The predicted octanol–water partition coefficient (Wildman–Crippen LogP) is 2.14. The summed E-state index contributed by atoms with van der Waals surface area (Å²) in [5.41, 5.74) is 0.829. The second kappa shape index (κ2) is 5.37. The Labute approximate surface area is 136 Å². The lowest BCUT2D eigenvalue weighted by molar-refractivity contribution is -0.0798. The van der Waals surface area contributed by atoms with Crippen LogP contribution >= 0.6 is 0 Å². The highest BCUT2D eigenvalue weighted by molar-refractivity contribution is 5.68. The number of piperidine rings is 1. The molecule has 3 rings (SSSR count). The van der Waals surface area contributed by atoms with Crippen LogP contribution in [-0.4, -0.2) is 34.3 Å². The maximum atomic E-state index is 12.2. The van der Waals surface area contributed by atoms with Crippen molar-refractivity contribution in [1.82, 2.24) is 9.47 Å². The zero-order valence-electron chi connectivity index (χ0n) is 14.2. The zero-order chi connectivity index (χ0) is 16.8. The Balaban J connectivity index is 1.75. The molecule has 6 nitrogen and oxygen atoms in total. The minimum atomic E-state index is -0.491. The smallest absolute Gasteiger partial charge is 0.410 e. The fraction of sp³-hybridized carbons (Fsp3) is 0.647. The number of pyridine rings is 1. The Morgan fingerprint density at radius 3 is 2.57 bits per heavy atom. The second-order valence-corrected chi connectivity index (χ2v) is 7.37. The third-order valence-corrected chi connectivity index (χ3v) is 4.57. The van der Waals surface area contributed by atoms with Crippen molar-refractivity contribution in [2.45, 2.75) is 51.4 Å². The molecule has 0 atom stereocenters. The Morgan fingerprint density at radius 2 is 1.96 bits per heavy atom. The van der Waals surface area contributed by atoms with Crippen LogP contribution in [0.5, 0.6) is 0 Å². The molecule has 1 aromatic rings. The summed E-state index contributed by atoms with van der Waals surface area (Å²) < 4.78 is 13.0. The summed E-state index contributed by atoms with van der Waals surface area (Å²) in [5.74, 6) is 0. The minimum absolute atomic E-state index is 0.00828. The molecule has 0 saturated carbocycles. The maximum absolute atomic E-state index is 12.2. The van der Waals surface area contributed by atoms with Gasteiger partial charge >= 0.3 is 6.09 Å². The molecule has 2 aliphatic heterocycles.